The SMILES string of the molecule is COC=CC#CC(=O)C(C)CCO. The number of allylic oxidation sites excluding steroid dienone is 1. The van der Waals surface area contributed by atoms with Crippen LogP contribution in [0, 0.1) is 17.8 Å². The highest BCUT2D eigenvalue weighted by Gasteiger charge is 2.08. The summed E-state index contributed by atoms with van der Waals surface area (Å²) in [4.78, 5) is 11.1. The summed E-state index contributed by atoms with van der Waals surface area (Å²) in [6.45, 7) is 1.76. The van der Waals surface area contributed by atoms with Gasteiger partial charge >= 0.3 is 0 Å². The molecule has 0 aromatic heterocycles. The van der Waals surface area contributed by atoms with Gasteiger partial charge in [0.2, 0.25) is 5.78 Å². The molecular formula is C10H14O3. The number of carbonyl (C=O) groups is 1. The first-order valence-corrected chi connectivity index (χ1v) is 4.06. The third kappa shape index (κ3) is 5.94. The average molecular weight is 182 g/mol. The average Bonchev–Trinajstić information content (AvgIpc) is 2.12. The molecule has 0 saturated carbocycles. The molecule has 0 spiro atoms. The molecule has 0 fully saturated rings. The van der Waals surface area contributed by atoms with Crippen LogP contribution in [-0.2, 0) is 9.53 Å². The lowest BCUT2D eigenvalue weighted by Gasteiger charge is -2.00. The minimum Gasteiger partial charge on any atom is -0.504 e. The second kappa shape index (κ2) is 7.38. The molecule has 13 heavy (non-hydrogen) atoms. The Bertz CT molecular complexity index is 232. The van der Waals surface area contributed by atoms with Gasteiger partial charge < -0.3 is 9.84 Å². The largest absolute Gasteiger partial charge is 0.504 e. The van der Waals surface area contributed by atoms with Crippen LogP contribution in [0.1, 0.15) is 13.3 Å². The van der Waals surface area contributed by atoms with Gasteiger partial charge in [-0.1, -0.05) is 12.8 Å². The number of methoxy groups -OCH3 is 1. The van der Waals surface area contributed by atoms with E-state index >= 15 is 0 Å². The van der Waals surface area contributed by atoms with Gasteiger partial charge in [0.05, 0.1) is 13.4 Å². The van der Waals surface area contributed by atoms with E-state index in [1.807, 2.05) is 0 Å². The fourth-order valence-corrected chi connectivity index (χ4v) is 0.663. The first-order chi connectivity index (χ1) is 6.22. The van der Waals surface area contributed by atoms with Gasteiger partial charge in [0, 0.05) is 18.6 Å². The quantitative estimate of drug-likeness (QED) is 0.396. The fourth-order valence-electron chi connectivity index (χ4n) is 0.663. The van der Waals surface area contributed by atoms with Gasteiger partial charge in [-0.25, -0.2) is 0 Å². The Morgan fingerprint density at radius 2 is 2.38 bits per heavy atom. The van der Waals surface area contributed by atoms with E-state index in [-0.39, 0.29) is 18.3 Å². The van der Waals surface area contributed by atoms with Crippen molar-refractivity contribution < 1.29 is 14.6 Å². The van der Waals surface area contributed by atoms with E-state index in [0.29, 0.717) is 6.42 Å². The zero-order valence-corrected chi connectivity index (χ0v) is 7.91. The Balaban J connectivity index is 3.95. The van der Waals surface area contributed by atoms with Gasteiger partial charge in [0.25, 0.3) is 0 Å². The van der Waals surface area contributed by atoms with Crippen LogP contribution in [-0.4, -0.2) is 24.6 Å². The van der Waals surface area contributed by atoms with Crippen LogP contribution in [0.25, 0.3) is 0 Å². The Morgan fingerprint density at radius 3 is 2.92 bits per heavy atom. The predicted molar refractivity (Wildman–Crippen MR) is 49.8 cm³/mol. The lowest BCUT2D eigenvalue weighted by molar-refractivity contribution is -0.117. The standard InChI is InChI=1S/C10H14O3/c1-9(6-7-11)10(12)5-3-4-8-13-2/h4,8-9,11H,6-7H2,1-2H3. The van der Waals surface area contributed by atoms with Crippen molar-refractivity contribution in [2.75, 3.05) is 13.7 Å². The van der Waals surface area contributed by atoms with Crippen molar-refractivity contribution in [3.8, 4) is 11.8 Å². The van der Waals surface area contributed by atoms with E-state index < -0.39 is 0 Å². The van der Waals surface area contributed by atoms with Crippen molar-refractivity contribution in [1.82, 2.24) is 0 Å². The Hall–Kier alpha value is -1.27. The molecule has 0 aliphatic rings. The summed E-state index contributed by atoms with van der Waals surface area (Å²) in [5.41, 5.74) is 0. The zero-order valence-electron chi connectivity index (χ0n) is 7.91. The van der Waals surface area contributed by atoms with Crippen LogP contribution in [0.5, 0.6) is 0 Å². The van der Waals surface area contributed by atoms with Crippen molar-refractivity contribution in [3.05, 3.63) is 12.3 Å². The number of carbonyl (C=O) groups excluding carboxylic acids is 1. The van der Waals surface area contributed by atoms with Crippen LogP contribution < -0.4 is 0 Å². The molecule has 0 bridgehead atoms. The third-order valence-corrected chi connectivity index (χ3v) is 1.49. The highest BCUT2D eigenvalue weighted by molar-refractivity contribution is 5.97. The number of aliphatic hydroxyl groups excluding tert-OH is 1. The van der Waals surface area contributed by atoms with Gasteiger partial charge in [0.15, 0.2) is 0 Å². The molecule has 3 heteroatoms. The summed E-state index contributed by atoms with van der Waals surface area (Å²) < 4.78 is 4.60. The topological polar surface area (TPSA) is 46.5 Å². The lowest BCUT2D eigenvalue weighted by atomic mass is 10.0. The van der Waals surface area contributed by atoms with Gasteiger partial charge in [-0.2, -0.15) is 0 Å². The van der Waals surface area contributed by atoms with Gasteiger partial charge in [-0.05, 0) is 12.3 Å². The van der Waals surface area contributed by atoms with Gasteiger partial charge in [-0.15, -0.1) is 0 Å². The highest BCUT2D eigenvalue weighted by Crippen LogP contribution is 2.00. The highest BCUT2D eigenvalue weighted by atomic mass is 16.5. The predicted octanol–water partition coefficient (Wildman–Crippen LogP) is 0.737. The zero-order chi connectivity index (χ0) is 10.1. The maximum atomic E-state index is 11.1. The normalized spacial score (nSPS) is 11.9. The van der Waals surface area contributed by atoms with Crippen LogP contribution in [0.15, 0.2) is 12.3 Å². The number of aliphatic hydroxyl groups is 1. The van der Waals surface area contributed by atoms with Crippen molar-refractivity contribution >= 4 is 5.78 Å². The molecule has 0 saturated heterocycles. The number of hydrogen-bond acceptors (Lipinski definition) is 3. The molecule has 0 aliphatic carbocycles. The van der Waals surface area contributed by atoms with Crippen LogP contribution in [0.3, 0.4) is 0 Å². The molecule has 1 unspecified atom stereocenters. The molecule has 1 atom stereocenters. The van der Waals surface area contributed by atoms with E-state index in [4.69, 9.17) is 5.11 Å². The summed E-state index contributed by atoms with van der Waals surface area (Å²) >= 11 is 0. The minimum atomic E-state index is -0.201. The molecule has 1 N–H and O–H groups in total. The minimum absolute atomic E-state index is 0.0164. The van der Waals surface area contributed by atoms with Crippen LogP contribution in [0.2, 0.25) is 0 Å². The third-order valence-electron chi connectivity index (χ3n) is 1.49. The van der Waals surface area contributed by atoms with Crippen molar-refractivity contribution in [1.29, 1.82) is 0 Å². The first-order valence-electron chi connectivity index (χ1n) is 4.06. The fraction of sp³-hybridized carbons (Fsp3) is 0.500. The molecule has 0 aliphatic heterocycles. The monoisotopic (exact) mass is 182 g/mol. The van der Waals surface area contributed by atoms with Gasteiger partial charge in [-0.3, -0.25) is 4.79 Å². The number of ketones is 1. The second-order valence-corrected chi connectivity index (χ2v) is 2.59. The summed E-state index contributed by atoms with van der Waals surface area (Å²) in [5.74, 6) is 4.62. The molecule has 0 rings (SSSR count). The Morgan fingerprint density at radius 1 is 1.69 bits per heavy atom. The van der Waals surface area contributed by atoms with Crippen LogP contribution >= 0.6 is 0 Å². The van der Waals surface area contributed by atoms with Crippen molar-refractivity contribution in [2.24, 2.45) is 5.92 Å². The number of Topliss-reactive ketones (excluding diaryl/α,β-unsaturated/α-hetero) is 1. The maximum absolute atomic E-state index is 11.1. The Labute approximate surface area is 78.4 Å². The molecule has 0 aromatic rings. The smallest absolute Gasteiger partial charge is 0.208 e. The van der Waals surface area contributed by atoms with E-state index in [2.05, 4.69) is 16.6 Å². The van der Waals surface area contributed by atoms with Crippen LogP contribution in [0.4, 0.5) is 0 Å². The number of ether oxygens (including phenoxy) is 1. The maximum Gasteiger partial charge on any atom is 0.208 e. The lowest BCUT2D eigenvalue weighted by Crippen LogP contribution is -2.09. The van der Waals surface area contributed by atoms with E-state index in [0.717, 1.165) is 0 Å². The molecule has 72 valence electrons. The van der Waals surface area contributed by atoms with E-state index in [9.17, 15) is 4.79 Å². The molecule has 0 radical (unpaired) electrons. The molecule has 0 heterocycles. The van der Waals surface area contributed by atoms with Crippen molar-refractivity contribution in [3.63, 3.8) is 0 Å². The van der Waals surface area contributed by atoms with E-state index in [1.165, 1.54) is 19.4 Å². The molecule has 0 amide bonds. The summed E-state index contributed by atoms with van der Waals surface area (Å²) in [5, 5.41) is 8.56. The summed E-state index contributed by atoms with van der Waals surface area (Å²) in [6.07, 6.45) is 3.32. The first kappa shape index (κ1) is 11.7. The number of rotatable bonds is 4. The van der Waals surface area contributed by atoms with Crippen molar-refractivity contribution in [2.45, 2.75) is 13.3 Å². The number of hydrogen-bond donors (Lipinski definition) is 1. The second-order valence-electron chi connectivity index (χ2n) is 2.59. The molecular weight excluding hydrogens is 168 g/mol. The summed E-state index contributed by atoms with van der Waals surface area (Å²) in [7, 11) is 1.51. The molecule has 0 aromatic carbocycles. The summed E-state index contributed by atoms with van der Waals surface area (Å²) in [6, 6.07) is 0. The molecule has 3 nitrogen and oxygen atoms in total. The van der Waals surface area contributed by atoms with Gasteiger partial charge in [0.1, 0.15) is 0 Å². The Kier molecular flexibility index (Phi) is 6.66. The van der Waals surface area contributed by atoms with E-state index in [1.54, 1.807) is 6.92 Å².